The number of piperidine rings is 1. The van der Waals surface area contributed by atoms with E-state index in [0.29, 0.717) is 0 Å². The van der Waals surface area contributed by atoms with Gasteiger partial charge in [-0.05, 0) is 56.7 Å². The molecular weight excluding hydrogens is 256 g/mol. The highest BCUT2D eigenvalue weighted by Gasteiger charge is 2.19. The van der Waals surface area contributed by atoms with Gasteiger partial charge in [-0.1, -0.05) is 6.92 Å². The summed E-state index contributed by atoms with van der Waals surface area (Å²) < 4.78 is 3.06. The summed E-state index contributed by atoms with van der Waals surface area (Å²) in [6, 6.07) is 2.04. The molecule has 3 heterocycles. The molecule has 0 aliphatic carbocycles. The smallest absolute Gasteiger partial charge is 0.178 e. The molecule has 0 spiro atoms. The van der Waals surface area contributed by atoms with Gasteiger partial charge in [-0.2, -0.15) is 0 Å². The van der Waals surface area contributed by atoms with Crippen LogP contribution in [-0.2, 0) is 6.54 Å². The van der Waals surface area contributed by atoms with E-state index in [2.05, 4.69) is 26.4 Å². The fourth-order valence-electron chi connectivity index (χ4n) is 2.94. The van der Waals surface area contributed by atoms with Gasteiger partial charge in [-0.15, -0.1) is 0 Å². The molecule has 1 N–H and O–H groups in total. The van der Waals surface area contributed by atoms with Gasteiger partial charge >= 0.3 is 0 Å². The van der Waals surface area contributed by atoms with Crippen molar-refractivity contribution in [3.8, 4) is 0 Å². The third kappa shape index (κ3) is 2.58. The van der Waals surface area contributed by atoms with Crippen molar-refractivity contribution in [2.24, 2.45) is 5.92 Å². The number of likely N-dealkylation sites (tertiary alicyclic amines) is 1. The van der Waals surface area contributed by atoms with Crippen LogP contribution in [0.4, 0.5) is 0 Å². The van der Waals surface area contributed by atoms with Crippen LogP contribution in [0.3, 0.4) is 0 Å². The Hall–Kier alpha value is -1.20. The second-order valence-corrected chi connectivity index (χ2v) is 5.70. The number of nitrogens with one attached hydrogen (secondary N) is 1. The van der Waals surface area contributed by atoms with Crippen LogP contribution >= 0.6 is 12.2 Å². The second kappa shape index (κ2) is 5.43. The molecule has 2 aromatic rings. The van der Waals surface area contributed by atoms with E-state index in [0.717, 1.165) is 22.8 Å². The summed E-state index contributed by atoms with van der Waals surface area (Å²) in [5.74, 6) is 0.738. The zero-order valence-corrected chi connectivity index (χ0v) is 12.1. The van der Waals surface area contributed by atoms with Gasteiger partial charge in [0.25, 0.3) is 0 Å². The van der Waals surface area contributed by atoms with Gasteiger partial charge in [-0.25, -0.2) is 0 Å². The van der Waals surface area contributed by atoms with Gasteiger partial charge in [0, 0.05) is 12.7 Å². The Bertz CT molecular complexity index is 607. The highest BCUT2D eigenvalue weighted by Crippen LogP contribution is 2.21. The molecule has 0 saturated carbocycles. The summed E-state index contributed by atoms with van der Waals surface area (Å²) in [4.78, 5) is 9.90. The number of imidazole rings is 1. The van der Waals surface area contributed by atoms with E-state index in [4.69, 9.17) is 12.2 Å². The lowest BCUT2D eigenvalue weighted by molar-refractivity contribution is 0.181. The van der Waals surface area contributed by atoms with Crippen molar-refractivity contribution in [3.05, 3.63) is 23.2 Å². The molecule has 3 rings (SSSR count). The van der Waals surface area contributed by atoms with E-state index in [1.807, 2.05) is 18.5 Å². The highest BCUT2D eigenvalue weighted by molar-refractivity contribution is 7.71. The van der Waals surface area contributed by atoms with Crippen LogP contribution in [0.25, 0.3) is 11.0 Å². The van der Waals surface area contributed by atoms with Crippen molar-refractivity contribution in [1.82, 2.24) is 19.4 Å². The fourth-order valence-corrected chi connectivity index (χ4v) is 3.22. The van der Waals surface area contributed by atoms with Gasteiger partial charge in [0.1, 0.15) is 0 Å². The average Bonchev–Trinajstić information content (AvgIpc) is 2.76. The molecule has 0 radical (unpaired) electrons. The number of aromatic nitrogens is 3. The Kier molecular flexibility index (Phi) is 3.66. The topological polar surface area (TPSA) is 36.9 Å². The van der Waals surface area contributed by atoms with Crippen molar-refractivity contribution in [2.45, 2.75) is 26.3 Å². The number of hydrogen-bond donors (Lipinski definition) is 1. The summed E-state index contributed by atoms with van der Waals surface area (Å²) in [6.45, 7) is 6.88. The predicted octanol–water partition coefficient (Wildman–Crippen LogP) is 2.83. The Labute approximate surface area is 118 Å². The molecule has 2 aromatic heterocycles. The number of nitrogens with zero attached hydrogens (tertiary/aromatic N) is 3. The van der Waals surface area contributed by atoms with Gasteiger partial charge in [0.2, 0.25) is 0 Å². The molecule has 1 fully saturated rings. The van der Waals surface area contributed by atoms with Crippen LogP contribution in [-0.4, -0.2) is 39.1 Å². The van der Waals surface area contributed by atoms with Crippen molar-refractivity contribution < 1.29 is 0 Å². The van der Waals surface area contributed by atoms with Crippen LogP contribution in [0.5, 0.6) is 0 Å². The lowest BCUT2D eigenvalue weighted by Gasteiger charge is -2.31. The summed E-state index contributed by atoms with van der Waals surface area (Å²) >= 11 is 5.44. The maximum atomic E-state index is 5.44. The summed E-state index contributed by atoms with van der Waals surface area (Å²) in [5.41, 5.74) is 2.22. The van der Waals surface area contributed by atoms with E-state index >= 15 is 0 Å². The minimum absolute atomic E-state index is 0.738. The first kappa shape index (κ1) is 12.8. The van der Waals surface area contributed by atoms with E-state index in [-0.39, 0.29) is 0 Å². The molecule has 0 bridgehead atoms. The first-order chi connectivity index (χ1) is 9.28. The monoisotopic (exact) mass is 276 g/mol. The van der Waals surface area contributed by atoms with Crippen molar-refractivity contribution in [1.29, 1.82) is 0 Å². The van der Waals surface area contributed by atoms with Crippen LogP contribution < -0.4 is 0 Å². The fraction of sp³-hybridized carbons (Fsp3) is 0.571. The lowest BCUT2D eigenvalue weighted by Crippen LogP contribution is -2.34. The van der Waals surface area contributed by atoms with E-state index < -0.39 is 0 Å². The molecule has 0 aromatic carbocycles. The summed E-state index contributed by atoms with van der Waals surface area (Å²) in [7, 11) is 0. The third-order valence-electron chi connectivity index (χ3n) is 4.17. The number of pyridine rings is 1. The van der Waals surface area contributed by atoms with E-state index in [1.165, 1.54) is 38.0 Å². The molecule has 5 heteroatoms. The van der Waals surface area contributed by atoms with Crippen molar-refractivity contribution in [2.75, 3.05) is 19.6 Å². The molecular formula is C14H20N4S. The normalized spacial score (nSPS) is 18.2. The van der Waals surface area contributed by atoms with Crippen molar-refractivity contribution in [3.63, 3.8) is 0 Å². The van der Waals surface area contributed by atoms with E-state index in [9.17, 15) is 0 Å². The molecule has 102 valence electrons. The Balaban J connectivity index is 1.79. The number of H-pyrrole nitrogens is 1. The minimum Gasteiger partial charge on any atom is -0.329 e. The number of fused-ring (bicyclic) bond motifs is 1. The third-order valence-corrected chi connectivity index (χ3v) is 4.49. The summed E-state index contributed by atoms with van der Waals surface area (Å²) in [6.07, 6.45) is 6.23. The largest absolute Gasteiger partial charge is 0.329 e. The predicted molar refractivity (Wildman–Crippen MR) is 79.8 cm³/mol. The SMILES string of the molecule is CCN1CCC(Cn2c(=S)[nH]c3cnccc32)CC1. The molecule has 19 heavy (non-hydrogen) atoms. The molecule has 4 nitrogen and oxygen atoms in total. The molecule has 0 unspecified atom stereocenters. The van der Waals surface area contributed by atoms with Crippen LogP contribution in [0.15, 0.2) is 18.5 Å². The standard InChI is InChI=1S/C14H20N4S/c1-2-17-7-4-11(5-8-17)10-18-13-3-6-15-9-12(13)16-14(18)19/h3,6,9,11H,2,4-5,7-8,10H2,1H3,(H,16,19). The highest BCUT2D eigenvalue weighted by atomic mass is 32.1. The van der Waals surface area contributed by atoms with Gasteiger partial charge < -0.3 is 14.5 Å². The van der Waals surface area contributed by atoms with E-state index in [1.54, 1.807) is 0 Å². The van der Waals surface area contributed by atoms with Crippen molar-refractivity contribution >= 4 is 23.3 Å². The van der Waals surface area contributed by atoms with Gasteiger partial charge in [0.15, 0.2) is 4.77 Å². The zero-order valence-electron chi connectivity index (χ0n) is 11.3. The Morgan fingerprint density at radius 1 is 1.42 bits per heavy atom. The molecule has 0 amide bonds. The quantitative estimate of drug-likeness (QED) is 0.876. The Morgan fingerprint density at radius 2 is 2.21 bits per heavy atom. The molecule has 0 atom stereocenters. The van der Waals surface area contributed by atoms with Crippen LogP contribution in [0.2, 0.25) is 0 Å². The molecule has 1 aliphatic heterocycles. The van der Waals surface area contributed by atoms with Gasteiger partial charge in [-0.3, -0.25) is 4.98 Å². The first-order valence-corrected chi connectivity index (χ1v) is 7.43. The number of aromatic amines is 1. The van der Waals surface area contributed by atoms with Gasteiger partial charge in [0.05, 0.1) is 17.2 Å². The Morgan fingerprint density at radius 3 is 2.95 bits per heavy atom. The molecule has 1 saturated heterocycles. The molecule has 1 aliphatic rings. The lowest BCUT2D eigenvalue weighted by atomic mass is 9.97. The average molecular weight is 276 g/mol. The maximum absolute atomic E-state index is 5.44. The number of rotatable bonds is 3. The zero-order chi connectivity index (χ0) is 13.2. The van der Waals surface area contributed by atoms with Crippen LogP contribution in [0, 0.1) is 10.7 Å². The second-order valence-electron chi connectivity index (χ2n) is 5.31. The summed E-state index contributed by atoms with van der Waals surface area (Å²) in [5, 5.41) is 0. The number of hydrogen-bond acceptors (Lipinski definition) is 3. The maximum Gasteiger partial charge on any atom is 0.178 e. The minimum atomic E-state index is 0.738. The first-order valence-electron chi connectivity index (χ1n) is 7.03. The van der Waals surface area contributed by atoms with Crippen LogP contribution in [0.1, 0.15) is 19.8 Å².